The summed E-state index contributed by atoms with van der Waals surface area (Å²) >= 11 is 0. The second-order valence-electron chi connectivity index (χ2n) is 8.43. The molecule has 28 heavy (non-hydrogen) atoms. The van der Waals surface area contributed by atoms with Crippen molar-refractivity contribution in [1.29, 1.82) is 0 Å². The molecule has 2 heteroatoms. The molecule has 0 unspecified atom stereocenters. The highest BCUT2D eigenvalue weighted by atomic mass is 19.3. The van der Waals surface area contributed by atoms with Crippen molar-refractivity contribution >= 4 is 0 Å². The third-order valence-electron chi connectivity index (χ3n) is 5.73. The van der Waals surface area contributed by atoms with Crippen molar-refractivity contribution < 1.29 is 8.78 Å². The second kappa shape index (κ2) is 19.4. The van der Waals surface area contributed by atoms with Gasteiger partial charge in [0.25, 0.3) is 0 Å². The van der Waals surface area contributed by atoms with Gasteiger partial charge < -0.3 is 0 Å². The summed E-state index contributed by atoms with van der Waals surface area (Å²) in [6.45, 7) is 0. The number of halogens is 2. The van der Waals surface area contributed by atoms with Crippen molar-refractivity contribution in [1.82, 2.24) is 0 Å². The van der Waals surface area contributed by atoms with Gasteiger partial charge in [0.05, 0.1) is 0 Å². The first-order chi connectivity index (χ1) is 13.8. The highest BCUT2D eigenvalue weighted by Crippen LogP contribution is 2.15. The van der Waals surface area contributed by atoms with Gasteiger partial charge in [-0.3, -0.25) is 0 Å². The maximum absolute atomic E-state index is 12.0. The average molecular weight is 395 g/mol. The molecule has 0 bridgehead atoms. The third kappa shape index (κ3) is 17.2. The Morgan fingerprint density at radius 2 is 0.821 bits per heavy atom. The highest BCUT2D eigenvalue weighted by molar-refractivity contribution is 5.14. The average Bonchev–Trinajstić information content (AvgIpc) is 2.70. The molecule has 0 spiro atoms. The van der Waals surface area contributed by atoms with Crippen LogP contribution in [-0.2, 0) is 6.42 Å². The van der Waals surface area contributed by atoms with Crippen LogP contribution in [0.5, 0.6) is 0 Å². The lowest BCUT2D eigenvalue weighted by atomic mass is 10.0. The normalized spacial score (nSPS) is 11.4. The van der Waals surface area contributed by atoms with Crippen molar-refractivity contribution in [3.05, 3.63) is 35.9 Å². The van der Waals surface area contributed by atoms with E-state index in [1.54, 1.807) is 0 Å². The smallest absolute Gasteiger partial charge is 0.211 e. The number of rotatable bonds is 20. The molecule has 0 saturated carbocycles. The van der Waals surface area contributed by atoms with E-state index in [0.29, 0.717) is 6.42 Å². The Kier molecular flexibility index (Phi) is 17.4. The number of benzene rings is 1. The fourth-order valence-corrected chi connectivity index (χ4v) is 3.92. The Bertz CT molecular complexity index is 416. The topological polar surface area (TPSA) is 0 Å². The van der Waals surface area contributed by atoms with Crippen molar-refractivity contribution in [2.24, 2.45) is 0 Å². The molecule has 162 valence electrons. The van der Waals surface area contributed by atoms with E-state index in [2.05, 4.69) is 30.3 Å². The molecule has 0 fully saturated rings. The second-order valence-corrected chi connectivity index (χ2v) is 8.43. The summed E-state index contributed by atoms with van der Waals surface area (Å²) in [6, 6.07) is 10.8. The Morgan fingerprint density at radius 1 is 0.464 bits per heavy atom. The van der Waals surface area contributed by atoms with Gasteiger partial charge in [0.15, 0.2) is 0 Å². The number of unbranched alkanes of at least 4 members (excludes halogenated alkanes) is 16. The zero-order valence-electron chi connectivity index (χ0n) is 18.2. The van der Waals surface area contributed by atoms with Gasteiger partial charge in [-0.05, 0) is 24.8 Å². The quantitative estimate of drug-likeness (QED) is 0.193. The molecule has 0 aliphatic rings. The first kappa shape index (κ1) is 25.1. The minimum absolute atomic E-state index is 0.0915. The number of aryl methyl sites for hydroxylation is 1. The summed E-state index contributed by atoms with van der Waals surface area (Å²) in [5.74, 6) is 0. The Morgan fingerprint density at radius 3 is 1.21 bits per heavy atom. The van der Waals surface area contributed by atoms with Crippen LogP contribution < -0.4 is 0 Å². The lowest BCUT2D eigenvalue weighted by Crippen LogP contribution is -1.89. The zero-order chi connectivity index (χ0) is 20.1. The van der Waals surface area contributed by atoms with Crippen LogP contribution in [0.3, 0.4) is 0 Å². The van der Waals surface area contributed by atoms with Crippen molar-refractivity contribution in [2.75, 3.05) is 0 Å². The van der Waals surface area contributed by atoms with Crippen LogP contribution >= 0.6 is 0 Å². The fraction of sp³-hybridized carbons (Fsp3) is 0.769. The van der Waals surface area contributed by atoms with Crippen LogP contribution in [0, 0.1) is 0 Å². The SMILES string of the molecule is FC(F)CCCCCCCCCCCCCCCCCCCc1ccccc1. The van der Waals surface area contributed by atoms with Gasteiger partial charge in [-0.25, -0.2) is 8.78 Å². The maximum Gasteiger partial charge on any atom is 0.238 e. The molecule has 0 aromatic heterocycles. The van der Waals surface area contributed by atoms with Gasteiger partial charge in [0.2, 0.25) is 6.43 Å². The van der Waals surface area contributed by atoms with Crippen molar-refractivity contribution in [3.8, 4) is 0 Å². The van der Waals surface area contributed by atoms with E-state index in [-0.39, 0.29) is 6.42 Å². The van der Waals surface area contributed by atoms with Gasteiger partial charge in [-0.1, -0.05) is 127 Å². The molecule has 0 aliphatic heterocycles. The summed E-state index contributed by atoms with van der Waals surface area (Å²) in [6.07, 6.45) is 21.2. The lowest BCUT2D eigenvalue weighted by Gasteiger charge is -2.04. The first-order valence-corrected chi connectivity index (χ1v) is 12.1. The van der Waals surface area contributed by atoms with E-state index in [9.17, 15) is 8.78 Å². The summed E-state index contributed by atoms with van der Waals surface area (Å²) < 4.78 is 24.0. The molecule has 0 N–H and O–H groups in total. The lowest BCUT2D eigenvalue weighted by molar-refractivity contribution is 0.133. The standard InChI is InChI=1S/C26H44F2/c27-26(28)24-20-15-13-11-9-7-5-3-1-2-4-6-8-10-12-14-17-21-25-22-18-16-19-23-25/h16,18-19,22-23,26H,1-15,17,20-21,24H2. The number of hydrogen-bond donors (Lipinski definition) is 0. The molecule has 0 amide bonds. The Balaban J connectivity index is 1.68. The number of hydrogen-bond acceptors (Lipinski definition) is 0. The van der Waals surface area contributed by atoms with Crippen LogP contribution in [-0.4, -0.2) is 6.43 Å². The molecule has 1 aromatic carbocycles. The molecule has 0 atom stereocenters. The first-order valence-electron chi connectivity index (χ1n) is 12.1. The summed E-state index contributed by atoms with van der Waals surface area (Å²) in [5, 5.41) is 0. The summed E-state index contributed by atoms with van der Waals surface area (Å²) in [7, 11) is 0. The predicted molar refractivity (Wildman–Crippen MR) is 119 cm³/mol. The number of alkyl halides is 2. The largest absolute Gasteiger partial charge is 0.238 e. The monoisotopic (exact) mass is 394 g/mol. The highest BCUT2D eigenvalue weighted by Gasteiger charge is 2.01. The summed E-state index contributed by atoms with van der Waals surface area (Å²) in [4.78, 5) is 0. The minimum atomic E-state index is -2.11. The van der Waals surface area contributed by atoms with Gasteiger partial charge in [-0.2, -0.15) is 0 Å². The molecule has 0 nitrogen and oxygen atoms in total. The molecule has 0 heterocycles. The maximum atomic E-state index is 12.0. The van der Waals surface area contributed by atoms with Crippen molar-refractivity contribution in [2.45, 2.75) is 128 Å². The fourth-order valence-electron chi connectivity index (χ4n) is 3.92. The summed E-state index contributed by atoms with van der Waals surface area (Å²) in [5.41, 5.74) is 1.48. The van der Waals surface area contributed by atoms with E-state index in [1.807, 2.05) is 0 Å². The Hall–Kier alpha value is -0.920. The van der Waals surface area contributed by atoms with Gasteiger partial charge in [-0.15, -0.1) is 0 Å². The van der Waals surface area contributed by atoms with E-state index < -0.39 is 6.43 Å². The van der Waals surface area contributed by atoms with E-state index in [4.69, 9.17) is 0 Å². The Labute approximate surface area is 173 Å². The van der Waals surface area contributed by atoms with Gasteiger partial charge in [0, 0.05) is 6.42 Å². The minimum Gasteiger partial charge on any atom is -0.211 e. The van der Waals surface area contributed by atoms with E-state index in [0.717, 1.165) is 12.8 Å². The third-order valence-corrected chi connectivity index (χ3v) is 5.73. The molecular weight excluding hydrogens is 350 g/mol. The molecule has 1 rings (SSSR count). The van der Waals surface area contributed by atoms with Crippen LogP contribution in [0.4, 0.5) is 8.78 Å². The van der Waals surface area contributed by atoms with Crippen LogP contribution in [0.2, 0.25) is 0 Å². The molecule has 0 saturated heterocycles. The van der Waals surface area contributed by atoms with E-state index in [1.165, 1.54) is 102 Å². The van der Waals surface area contributed by atoms with Crippen LogP contribution in [0.1, 0.15) is 121 Å². The van der Waals surface area contributed by atoms with E-state index >= 15 is 0 Å². The van der Waals surface area contributed by atoms with Crippen LogP contribution in [0.15, 0.2) is 30.3 Å². The molecule has 0 radical (unpaired) electrons. The van der Waals surface area contributed by atoms with Crippen LogP contribution in [0.25, 0.3) is 0 Å². The molecule has 0 aliphatic carbocycles. The van der Waals surface area contributed by atoms with Crippen molar-refractivity contribution in [3.63, 3.8) is 0 Å². The zero-order valence-corrected chi connectivity index (χ0v) is 18.2. The van der Waals surface area contributed by atoms with Gasteiger partial charge >= 0.3 is 0 Å². The molecule has 1 aromatic rings. The van der Waals surface area contributed by atoms with Gasteiger partial charge in [0.1, 0.15) is 0 Å². The molecular formula is C26H44F2. The predicted octanol–water partition coefficient (Wildman–Crippen LogP) is 9.52.